The van der Waals surface area contributed by atoms with E-state index in [4.69, 9.17) is 4.74 Å². The second-order valence-corrected chi connectivity index (χ2v) is 6.50. The van der Waals surface area contributed by atoms with Gasteiger partial charge in [0.25, 0.3) is 5.69 Å². The molecule has 0 saturated heterocycles. The van der Waals surface area contributed by atoms with Crippen LogP contribution in [0.1, 0.15) is 10.4 Å². The molecule has 8 heteroatoms. The van der Waals surface area contributed by atoms with Gasteiger partial charge in [-0.15, -0.1) is 10.2 Å². The van der Waals surface area contributed by atoms with Gasteiger partial charge in [-0.25, -0.2) is 0 Å². The van der Waals surface area contributed by atoms with E-state index in [1.54, 1.807) is 19.2 Å². The van der Waals surface area contributed by atoms with Crippen LogP contribution in [0.4, 0.5) is 5.69 Å². The third-order valence-corrected chi connectivity index (χ3v) is 4.66. The van der Waals surface area contributed by atoms with E-state index in [1.165, 1.54) is 30.0 Å². The van der Waals surface area contributed by atoms with Gasteiger partial charge < -0.3 is 4.74 Å². The number of methoxy groups -OCH3 is 1. The lowest BCUT2D eigenvalue weighted by Gasteiger charge is -2.05. The molecule has 0 fully saturated rings. The highest BCUT2D eigenvalue weighted by atomic mass is 32.2. The molecule has 0 atom stereocenters. The zero-order valence-corrected chi connectivity index (χ0v) is 15.2. The highest BCUT2D eigenvalue weighted by Gasteiger charge is 2.12. The van der Waals surface area contributed by atoms with Crippen LogP contribution in [-0.4, -0.2) is 33.8 Å². The molecule has 3 aromatic rings. The van der Waals surface area contributed by atoms with Crippen molar-refractivity contribution >= 4 is 23.2 Å². The molecule has 27 heavy (non-hydrogen) atoms. The smallest absolute Gasteiger partial charge is 0.270 e. The molecule has 0 aliphatic heterocycles. The minimum Gasteiger partial charge on any atom is -0.497 e. The average Bonchev–Trinajstić information content (AvgIpc) is 2.72. The monoisotopic (exact) mass is 381 g/mol. The van der Waals surface area contributed by atoms with E-state index in [0.717, 1.165) is 11.3 Å². The van der Waals surface area contributed by atoms with Gasteiger partial charge in [0, 0.05) is 23.3 Å². The molecular weight excluding hydrogens is 366 g/mol. The summed E-state index contributed by atoms with van der Waals surface area (Å²) in [7, 11) is 1.60. The standard InChI is InChI=1S/C19H15N3O4S/c1-26-16-7-3-4-13(11-16)17-8-9-19(21-20-17)27-12-18(23)14-5-2-6-15(10-14)22(24)25/h2-11H,12H2,1H3. The second-order valence-electron chi connectivity index (χ2n) is 5.51. The Bertz CT molecular complexity index is 977. The Kier molecular flexibility index (Phi) is 5.77. The van der Waals surface area contributed by atoms with Crippen molar-refractivity contribution in [1.82, 2.24) is 10.2 Å². The van der Waals surface area contributed by atoms with Gasteiger partial charge in [-0.3, -0.25) is 14.9 Å². The molecule has 0 N–H and O–H groups in total. The van der Waals surface area contributed by atoms with Crippen LogP contribution in [0.15, 0.2) is 65.7 Å². The Balaban J connectivity index is 1.65. The van der Waals surface area contributed by atoms with Crippen molar-refractivity contribution in [3.63, 3.8) is 0 Å². The van der Waals surface area contributed by atoms with E-state index in [0.29, 0.717) is 16.3 Å². The molecule has 1 heterocycles. The molecule has 0 aliphatic carbocycles. The summed E-state index contributed by atoms with van der Waals surface area (Å²) in [6.07, 6.45) is 0. The van der Waals surface area contributed by atoms with Crippen LogP contribution in [0.3, 0.4) is 0 Å². The number of aromatic nitrogens is 2. The first-order chi connectivity index (χ1) is 13.1. The maximum absolute atomic E-state index is 12.2. The quantitative estimate of drug-likeness (QED) is 0.264. The Morgan fingerprint density at radius 2 is 1.93 bits per heavy atom. The molecule has 0 spiro atoms. The van der Waals surface area contributed by atoms with Gasteiger partial charge in [-0.2, -0.15) is 0 Å². The number of rotatable bonds is 7. The maximum atomic E-state index is 12.2. The fourth-order valence-corrected chi connectivity index (χ4v) is 3.06. The number of nitrogens with zero attached hydrogens (tertiary/aromatic N) is 3. The van der Waals surface area contributed by atoms with Crippen LogP contribution in [0, 0.1) is 10.1 Å². The normalized spacial score (nSPS) is 10.4. The van der Waals surface area contributed by atoms with Crippen LogP contribution >= 0.6 is 11.8 Å². The molecule has 0 unspecified atom stereocenters. The lowest BCUT2D eigenvalue weighted by Crippen LogP contribution is -2.03. The first-order valence-electron chi connectivity index (χ1n) is 7.95. The zero-order valence-electron chi connectivity index (χ0n) is 14.4. The van der Waals surface area contributed by atoms with E-state index < -0.39 is 4.92 Å². The van der Waals surface area contributed by atoms with Gasteiger partial charge in [-0.1, -0.05) is 36.0 Å². The summed E-state index contributed by atoms with van der Waals surface area (Å²) in [5.41, 5.74) is 1.78. The Morgan fingerprint density at radius 3 is 2.63 bits per heavy atom. The van der Waals surface area contributed by atoms with E-state index in [1.807, 2.05) is 30.3 Å². The third-order valence-electron chi connectivity index (χ3n) is 3.74. The summed E-state index contributed by atoms with van der Waals surface area (Å²) in [6, 6.07) is 16.8. The zero-order chi connectivity index (χ0) is 19.2. The number of benzene rings is 2. The molecule has 1 aromatic heterocycles. The first kappa shape index (κ1) is 18.5. The second kappa shape index (κ2) is 8.41. The fourth-order valence-electron chi connectivity index (χ4n) is 2.35. The van der Waals surface area contributed by atoms with Gasteiger partial charge in [0.2, 0.25) is 0 Å². The van der Waals surface area contributed by atoms with Crippen LogP contribution in [-0.2, 0) is 0 Å². The number of carbonyl (C=O) groups is 1. The lowest BCUT2D eigenvalue weighted by atomic mass is 10.1. The lowest BCUT2D eigenvalue weighted by molar-refractivity contribution is -0.384. The largest absolute Gasteiger partial charge is 0.497 e. The number of nitro groups is 1. The Labute approximate surface area is 159 Å². The predicted molar refractivity (Wildman–Crippen MR) is 102 cm³/mol. The molecule has 0 aliphatic rings. The average molecular weight is 381 g/mol. The van der Waals surface area contributed by atoms with E-state index >= 15 is 0 Å². The highest BCUT2D eigenvalue weighted by molar-refractivity contribution is 7.99. The summed E-state index contributed by atoms with van der Waals surface area (Å²) in [5, 5.41) is 19.7. The predicted octanol–water partition coefficient (Wildman–Crippen LogP) is 4.04. The van der Waals surface area contributed by atoms with Crippen LogP contribution in [0.2, 0.25) is 0 Å². The molecular formula is C19H15N3O4S. The van der Waals surface area contributed by atoms with Crippen molar-refractivity contribution in [1.29, 1.82) is 0 Å². The minimum absolute atomic E-state index is 0.103. The van der Waals surface area contributed by atoms with Gasteiger partial charge in [0.15, 0.2) is 5.78 Å². The van der Waals surface area contributed by atoms with Crippen molar-refractivity contribution in [3.8, 4) is 17.0 Å². The van der Waals surface area contributed by atoms with Gasteiger partial charge >= 0.3 is 0 Å². The summed E-state index contributed by atoms with van der Waals surface area (Å²) in [5.74, 6) is 0.645. The van der Waals surface area contributed by atoms with Gasteiger partial charge in [-0.05, 0) is 24.3 Å². The van der Waals surface area contributed by atoms with E-state index in [2.05, 4.69) is 10.2 Å². The number of nitro benzene ring substituents is 1. The third kappa shape index (κ3) is 4.68. The van der Waals surface area contributed by atoms with Crippen LogP contribution < -0.4 is 4.74 Å². The van der Waals surface area contributed by atoms with Crippen molar-refractivity contribution < 1.29 is 14.5 Å². The van der Waals surface area contributed by atoms with Gasteiger partial charge in [0.05, 0.1) is 23.5 Å². The van der Waals surface area contributed by atoms with E-state index in [-0.39, 0.29) is 17.2 Å². The Hall–Kier alpha value is -3.26. The molecule has 0 amide bonds. The number of hydrogen-bond donors (Lipinski definition) is 0. The molecule has 0 saturated carbocycles. The van der Waals surface area contributed by atoms with E-state index in [9.17, 15) is 14.9 Å². The Morgan fingerprint density at radius 1 is 1.11 bits per heavy atom. The summed E-state index contributed by atoms with van der Waals surface area (Å²) in [6.45, 7) is 0. The van der Waals surface area contributed by atoms with Crippen LogP contribution in [0.5, 0.6) is 5.75 Å². The maximum Gasteiger partial charge on any atom is 0.270 e. The van der Waals surface area contributed by atoms with Crippen molar-refractivity contribution in [2.45, 2.75) is 5.03 Å². The molecule has 3 rings (SSSR count). The number of ether oxygens (including phenoxy) is 1. The topological polar surface area (TPSA) is 95.2 Å². The number of non-ortho nitro benzene ring substituents is 1. The molecule has 7 nitrogen and oxygen atoms in total. The highest BCUT2D eigenvalue weighted by Crippen LogP contribution is 2.24. The summed E-state index contributed by atoms with van der Waals surface area (Å²) < 4.78 is 5.20. The van der Waals surface area contributed by atoms with Crippen molar-refractivity contribution in [3.05, 3.63) is 76.3 Å². The number of ketones is 1. The number of carbonyl (C=O) groups excluding carboxylic acids is 1. The first-order valence-corrected chi connectivity index (χ1v) is 8.94. The SMILES string of the molecule is COc1cccc(-c2ccc(SCC(=O)c3cccc([N+](=O)[O-])c3)nn2)c1. The fraction of sp³-hybridized carbons (Fsp3) is 0.105. The molecule has 0 bridgehead atoms. The molecule has 136 valence electrons. The minimum atomic E-state index is -0.521. The van der Waals surface area contributed by atoms with Crippen molar-refractivity contribution in [2.75, 3.05) is 12.9 Å². The summed E-state index contributed by atoms with van der Waals surface area (Å²) in [4.78, 5) is 22.5. The molecule has 2 aromatic carbocycles. The number of Topliss-reactive ketones (excluding diaryl/α,β-unsaturated/α-hetero) is 1. The number of hydrogen-bond acceptors (Lipinski definition) is 7. The number of thioether (sulfide) groups is 1. The van der Waals surface area contributed by atoms with Gasteiger partial charge in [0.1, 0.15) is 10.8 Å². The molecule has 0 radical (unpaired) electrons. The van der Waals surface area contributed by atoms with Crippen LogP contribution in [0.25, 0.3) is 11.3 Å². The van der Waals surface area contributed by atoms with Crippen molar-refractivity contribution in [2.24, 2.45) is 0 Å². The summed E-state index contributed by atoms with van der Waals surface area (Å²) >= 11 is 1.23.